The highest BCUT2D eigenvalue weighted by molar-refractivity contribution is 6.30. The number of carbonyl (C=O) groups is 1. The van der Waals surface area contributed by atoms with E-state index >= 15 is 0 Å². The van der Waals surface area contributed by atoms with Crippen LogP contribution in [-0.4, -0.2) is 27.7 Å². The van der Waals surface area contributed by atoms with Crippen LogP contribution in [-0.2, 0) is 4.79 Å². The van der Waals surface area contributed by atoms with E-state index in [9.17, 15) is 4.79 Å². The van der Waals surface area contributed by atoms with Crippen LogP contribution in [0.15, 0.2) is 30.3 Å². The van der Waals surface area contributed by atoms with Crippen molar-refractivity contribution in [3.63, 3.8) is 0 Å². The lowest BCUT2D eigenvalue weighted by atomic mass is 10.2. The third-order valence-corrected chi connectivity index (χ3v) is 2.49. The molecular weight excluding hydrogens is 280 g/mol. The van der Waals surface area contributed by atoms with Crippen molar-refractivity contribution in [2.24, 2.45) is 0 Å². The van der Waals surface area contributed by atoms with Crippen LogP contribution in [0.1, 0.15) is 12.5 Å². The van der Waals surface area contributed by atoms with Gasteiger partial charge in [-0.2, -0.15) is 4.98 Å². The van der Waals surface area contributed by atoms with Crippen LogP contribution in [0.2, 0.25) is 5.02 Å². The third-order valence-electron chi connectivity index (χ3n) is 2.26. The number of ether oxygens (including phenoxy) is 1. The number of anilines is 1. The standard InChI is InChI=1S/C13H13ClN4O2/c1-2-20-13-16-12(17-18-13)15-11(19)7-6-9-4-3-5-10(14)8-9/h3-8H,2H2,1H3,(H2,15,16,17,18,19)/b7-6+. The normalized spacial score (nSPS) is 10.7. The molecule has 1 amide bonds. The number of rotatable bonds is 5. The summed E-state index contributed by atoms with van der Waals surface area (Å²) in [6.07, 6.45) is 3.04. The summed E-state index contributed by atoms with van der Waals surface area (Å²) < 4.78 is 5.07. The van der Waals surface area contributed by atoms with Crippen molar-refractivity contribution in [2.75, 3.05) is 11.9 Å². The van der Waals surface area contributed by atoms with Gasteiger partial charge in [-0.05, 0) is 30.7 Å². The van der Waals surface area contributed by atoms with Gasteiger partial charge in [0, 0.05) is 11.1 Å². The number of carbonyl (C=O) groups excluding carboxylic acids is 1. The van der Waals surface area contributed by atoms with Crippen molar-refractivity contribution in [2.45, 2.75) is 6.92 Å². The molecule has 0 aliphatic heterocycles. The van der Waals surface area contributed by atoms with Crippen LogP contribution < -0.4 is 10.1 Å². The molecule has 0 fully saturated rings. The molecule has 7 heteroatoms. The zero-order valence-corrected chi connectivity index (χ0v) is 11.5. The SMILES string of the molecule is CCOc1n[nH]c(NC(=O)/C=C/c2cccc(Cl)c2)n1. The lowest BCUT2D eigenvalue weighted by Crippen LogP contribution is -2.09. The van der Waals surface area contributed by atoms with Gasteiger partial charge in [-0.15, -0.1) is 5.10 Å². The van der Waals surface area contributed by atoms with E-state index in [4.69, 9.17) is 16.3 Å². The molecule has 2 rings (SSSR count). The van der Waals surface area contributed by atoms with Crippen molar-refractivity contribution < 1.29 is 9.53 Å². The summed E-state index contributed by atoms with van der Waals surface area (Å²) in [4.78, 5) is 15.6. The van der Waals surface area contributed by atoms with E-state index in [0.29, 0.717) is 11.6 Å². The van der Waals surface area contributed by atoms with E-state index < -0.39 is 0 Å². The Labute approximate surface area is 120 Å². The van der Waals surface area contributed by atoms with E-state index in [1.54, 1.807) is 18.2 Å². The predicted molar refractivity (Wildman–Crippen MR) is 76.7 cm³/mol. The molecule has 1 aromatic carbocycles. The van der Waals surface area contributed by atoms with E-state index in [1.165, 1.54) is 6.08 Å². The van der Waals surface area contributed by atoms with E-state index in [0.717, 1.165) is 5.56 Å². The first-order valence-electron chi connectivity index (χ1n) is 5.97. The minimum atomic E-state index is -0.329. The maximum Gasteiger partial charge on any atom is 0.337 e. The molecule has 0 bridgehead atoms. The van der Waals surface area contributed by atoms with E-state index in [1.807, 2.05) is 19.1 Å². The number of aromatic amines is 1. The fourth-order valence-electron chi connectivity index (χ4n) is 1.44. The van der Waals surface area contributed by atoms with Gasteiger partial charge in [-0.3, -0.25) is 10.1 Å². The summed E-state index contributed by atoms with van der Waals surface area (Å²) in [7, 11) is 0. The van der Waals surface area contributed by atoms with Crippen molar-refractivity contribution >= 4 is 29.5 Å². The highest BCUT2D eigenvalue weighted by Gasteiger charge is 2.05. The summed E-state index contributed by atoms with van der Waals surface area (Å²) in [5, 5.41) is 9.48. The molecule has 0 atom stereocenters. The quantitative estimate of drug-likeness (QED) is 0.830. The topological polar surface area (TPSA) is 79.9 Å². The number of halogens is 1. The maximum absolute atomic E-state index is 11.7. The highest BCUT2D eigenvalue weighted by Crippen LogP contribution is 2.12. The second-order valence-electron chi connectivity index (χ2n) is 3.78. The molecule has 104 valence electrons. The Morgan fingerprint density at radius 3 is 3.15 bits per heavy atom. The second-order valence-corrected chi connectivity index (χ2v) is 4.21. The smallest absolute Gasteiger partial charge is 0.337 e. The van der Waals surface area contributed by atoms with Crippen LogP contribution in [0.5, 0.6) is 6.01 Å². The summed E-state index contributed by atoms with van der Waals surface area (Å²) in [6.45, 7) is 2.28. The van der Waals surface area contributed by atoms with Gasteiger partial charge >= 0.3 is 6.01 Å². The van der Waals surface area contributed by atoms with Gasteiger partial charge in [0.15, 0.2) is 0 Å². The Morgan fingerprint density at radius 2 is 2.40 bits per heavy atom. The van der Waals surface area contributed by atoms with Crippen LogP contribution in [0.4, 0.5) is 5.95 Å². The molecule has 0 saturated heterocycles. The maximum atomic E-state index is 11.7. The average Bonchev–Trinajstić information content (AvgIpc) is 2.84. The molecule has 0 aliphatic carbocycles. The molecule has 2 N–H and O–H groups in total. The van der Waals surface area contributed by atoms with Gasteiger partial charge in [0.1, 0.15) is 0 Å². The Balaban J connectivity index is 1.94. The van der Waals surface area contributed by atoms with Gasteiger partial charge in [0.2, 0.25) is 5.95 Å². The number of nitrogens with one attached hydrogen (secondary N) is 2. The molecule has 1 aromatic heterocycles. The average molecular weight is 293 g/mol. The molecule has 0 saturated carbocycles. The van der Waals surface area contributed by atoms with Crippen LogP contribution >= 0.6 is 11.6 Å². The Hall–Kier alpha value is -2.34. The summed E-state index contributed by atoms with van der Waals surface area (Å²) in [5.74, 6) is -0.0987. The Morgan fingerprint density at radius 1 is 1.55 bits per heavy atom. The van der Waals surface area contributed by atoms with Crippen molar-refractivity contribution in [1.82, 2.24) is 15.2 Å². The molecule has 6 nitrogen and oxygen atoms in total. The van der Waals surface area contributed by atoms with Crippen LogP contribution in [0, 0.1) is 0 Å². The second kappa shape index (κ2) is 6.72. The summed E-state index contributed by atoms with van der Waals surface area (Å²) in [6, 6.07) is 7.37. The minimum Gasteiger partial charge on any atom is -0.463 e. The van der Waals surface area contributed by atoms with Crippen molar-refractivity contribution in [1.29, 1.82) is 0 Å². The zero-order valence-electron chi connectivity index (χ0n) is 10.8. The monoisotopic (exact) mass is 292 g/mol. The van der Waals surface area contributed by atoms with Gasteiger partial charge in [-0.1, -0.05) is 23.7 Å². The molecule has 0 spiro atoms. The fraction of sp³-hybridized carbons (Fsp3) is 0.154. The number of hydrogen-bond donors (Lipinski definition) is 2. The van der Waals surface area contributed by atoms with E-state index in [2.05, 4.69) is 20.5 Å². The fourth-order valence-corrected chi connectivity index (χ4v) is 1.64. The van der Waals surface area contributed by atoms with Gasteiger partial charge in [-0.25, -0.2) is 5.10 Å². The van der Waals surface area contributed by atoms with Crippen LogP contribution in [0.3, 0.4) is 0 Å². The lowest BCUT2D eigenvalue weighted by molar-refractivity contribution is -0.111. The first-order valence-corrected chi connectivity index (χ1v) is 6.35. The molecule has 20 heavy (non-hydrogen) atoms. The van der Waals surface area contributed by atoms with Gasteiger partial charge in [0.05, 0.1) is 6.61 Å². The van der Waals surface area contributed by atoms with Crippen LogP contribution in [0.25, 0.3) is 6.08 Å². The highest BCUT2D eigenvalue weighted by atomic mass is 35.5. The number of hydrogen-bond acceptors (Lipinski definition) is 4. The number of amides is 1. The van der Waals surface area contributed by atoms with Crippen molar-refractivity contribution in [3.8, 4) is 6.01 Å². The molecule has 0 unspecified atom stereocenters. The first-order chi connectivity index (χ1) is 9.67. The van der Waals surface area contributed by atoms with Gasteiger partial charge in [0.25, 0.3) is 5.91 Å². The summed E-state index contributed by atoms with van der Waals surface area (Å²) in [5.41, 5.74) is 0.834. The molecule has 2 aromatic rings. The predicted octanol–water partition coefficient (Wildman–Crippen LogP) is 2.51. The summed E-state index contributed by atoms with van der Waals surface area (Å²) >= 11 is 5.85. The lowest BCUT2D eigenvalue weighted by Gasteiger charge is -1.96. The number of nitrogens with zero attached hydrogens (tertiary/aromatic N) is 2. The minimum absolute atomic E-state index is 0.196. The molecular formula is C13H13ClN4O2. The molecule has 0 aliphatic rings. The Kier molecular flexibility index (Phi) is 4.73. The zero-order chi connectivity index (χ0) is 14.4. The molecule has 0 radical (unpaired) electrons. The van der Waals surface area contributed by atoms with Crippen molar-refractivity contribution in [3.05, 3.63) is 40.9 Å². The number of aromatic nitrogens is 3. The first kappa shape index (κ1) is 14.1. The van der Waals surface area contributed by atoms with E-state index in [-0.39, 0.29) is 17.9 Å². The largest absolute Gasteiger partial charge is 0.463 e. The van der Waals surface area contributed by atoms with Gasteiger partial charge < -0.3 is 4.74 Å². The Bertz CT molecular complexity index is 624. The number of H-pyrrole nitrogens is 1. The number of benzene rings is 1. The molecule has 1 heterocycles. The third kappa shape index (κ3) is 4.10.